The molecule has 0 N–H and O–H groups in total. The van der Waals surface area contributed by atoms with E-state index in [-0.39, 0.29) is 18.9 Å². The zero-order valence-corrected chi connectivity index (χ0v) is 12.8. The zero-order valence-electron chi connectivity index (χ0n) is 12.8. The van der Waals surface area contributed by atoms with Crippen molar-refractivity contribution in [3.63, 3.8) is 0 Å². The van der Waals surface area contributed by atoms with Gasteiger partial charge in [0, 0.05) is 5.39 Å². The third-order valence-electron chi connectivity index (χ3n) is 3.38. The van der Waals surface area contributed by atoms with Crippen LogP contribution in [0.5, 0.6) is 5.75 Å². The monoisotopic (exact) mass is 318 g/mol. The van der Waals surface area contributed by atoms with Crippen molar-refractivity contribution in [2.75, 3.05) is 13.2 Å². The van der Waals surface area contributed by atoms with Gasteiger partial charge in [-0.2, -0.15) is 5.26 Å². The summed E-state index contributed by atoms with van der Waals surface area (Å²) in [6.45, 7) is 0.346. The Morgan fingerprint density at radius 1 is 1.00 bits per heavy atom. The topological polar surface area (TPSA) is 72.2 Å². The average molecular weight is 318 g/mol. The fourth-order valence-electron chi connectivity index (χ4n) is 2.17. The molecule has 0 radical (unpaired) electrons. The molecule has 0 aliphatic heterocycles. The van der Waals surface area contributed by atoms with Crippen LogP contribution in [0.1, 0.15) is 16.1 Å². The van der Waals surface area contributed by atoms with Gasteiger partial charge in [0.25, 0.3) is 0 Å². The average Bonchev–Trinajstić information content (AvgIpc) is 2.65. The maximum absolute atomic E-state index is 12.0. The van der Waals surface area contributed by atoms with Gasteiger partial charge in [-0.05, 0) is 36.4 Å². The van der Waals surface area contributed by atoms with Gasteiger partial charge >= 0.3 is 5.97 Å². The molecule has 0 atom stereocenters. The van der Waals surface area contributed by atoms with Crippen LogP contribution >= 0.6 is 0 Å². The minimum absolute atomic E-state index is 0.118. The van der Waals surface area contributed by atoms with Crippen molar-refractivity contribution in [2.24, 2.45) is 0 Å². The Kier molecular flexibility index (Phi) is 4.68. The second-order valence-electron chi connectivity index (χ2n) is 5.01. The number of ether oxygens (including phenoxy) is 2. The highest BCUT2D eigenvalue weighted by Crippen LogP contribution is 2.13. The molecule has 2 aromatic carbocycles. The highest BCUT2D eigenvalue weighted by Gasteiger charge is 2.09. The molecule has 0 spiro atoms. The zero-order chi connectivity index (χ0) is 16.8. The Bertz CT molecular complexity index is 898. The molecule has 1 aromatic heterocycles. The first kappa shape index (κ1) is 15.5. The Morgan fingerprint density at radius 2 is 1.79 bits per heavy atom. The van der Waals surface area contributed by atoms with E-state index in [1.54, 1.807) is 30.3 Å². The first-order valence-corrected chi connectivity index (χ1v) is 7.42. The van der Waals surface area contributed by atoms with Crippen molar-refractivity contribution in [1.29, 1.82) is 5.26 Å². The molecule has 3 aromatic rings. The van der Waals surface area contributed by atoms with E-state index in [1.807, 2.05) is 36.4 Å². The quantitative estimate of drug-likeness (QED) is 0.533. The number of rotatable bonds is 5. The number of para-hydroxylation sites is 1. The van der Waals surface area contributed by atoms with E-state index < -0.39 is 5.97 Å². The lowest BCUT2D eigenvalue weighted by Crippen LogP contribution is -2.13. The van der Waals surface area contributed by atoms with Crippen LogP contribution < -0.4 is 4.74 Å². The minimum Gasteiger partial charge on any atom is -0.490 e. The first-order valence-electron chi connectivity index (χ1n) is 7.42. The van der Waals surface area contributed by atoms with Crippen molar-refractivity contribution < 1.29 is 14.3 Å². The Morgan fingerprint density at radius 3 is 2.58 bits per heavy atom. The van der Waals surface area contributed by atoms with E-state index in [9.17, 15) is 4.79 Å². The van der Waals surface area contributed by atoms with Crippen molar-refractivity contribution >= 4 is 16.9 Å². The van der Waals surface area contributed by atoms with E-state index >= 15 is 0 Å². The standard InChI is InChI=1S/C19H14N2O3/c20-13-14-5-8-16(9-6-14)23-11-12-24-19(22)18-10-7-15-3-1-2-4-17(15)21-18/h1-10H,11-12H2. The maximum Gasteiger partial charge on any atom is 0.357 e. The Labute approximate surface area is 139 Å². The fraction of sp³-hybridized carbons (Fsp3) is 0.105. The predicted octanol–water partition coefficient (Wildman–Crippen LogP) is 3.34. The first-order chi connectivity index (χ1) is 11.8. The lowest BCUT2D eigenvalue weighted by Gasteiger charge is -2.07. The lowest BCUT2D eigenvalue weighted by atomic mass is 10.2. The number of fused-ring (bicyclic) bond motifs is 1. The number of esters is 1. The van der Waals surface area contributed by atoms with Crippen LogP contribution in [0.2, 0.25) is 0 Å². The largest absolute Gasteiger partial charge is 0.490 e. The molecule has 0 bridgehead atoms. The van der Waals surface area contributed by atoms with Gasteiger partial charge in [0.2, 0.25) is 0 Å². The molecule has 0 amide bonds. The number of aromatic nitrogens is 1. The van der Waals surface area contributed by atoms with Gasteiger partial charge in [0.15, 0.2) is 0 Å². The summed E-state index contributed by atoms with van der Waals surface area (Å²) < 4.78 is 10.6. The van der Waals surface area contributed by atoms with E-state index in [2.05, 4.69) is 4.98 Å². The number of nitrogens with zero attached hydrogens (tertiary/aromatic N) is 2. The third-order valence-corrected chi connectivity index (χ3v) is 3.38. The number of benzene rings is 2. The van der Waals surface area contributed by atoms with Gasteiger partial charge in [-0.15, -0.1) is 0 Å². The molecule has 5 nitrogen and oxygen atoms in total. The molecule has 5 heteroatoms. The molecule has 0 unspecified atom stereocenters. The minimum atomic E-state index is -0.482. The third kappa shape index (κ3) is 3.68. The highest BCUT2D eigenvalue weighted by molar-refractivity contribution is 5.90. The molecule has 0 aliphatic rings. The van der Waals surface area contributed by atoms with Crippen LogP contribution in [0.3, 0.4) is 0 Å². The Hall–Kier alpha value is -3.39. The Balaban J connectivity index is 1.52. The normalized spacial score (nSPS) is 10.1. The summed E-state index contributed by atoms with van der Waals surface area (Å²) in [5, 5.41) is 9.69. The summed E-state index contributed by atoms with van der Waals surface area (Å²) in [5.41, 5.74) is 1.59. The summed E-state index contributed by atoms with van der Waals surface area (Å²) >= 11 is 0. The molecular weight excluding hydrogens is 304 g/mol. The molecule has 1 heterocycles. The predicted molar refractivity (Wildman–Crippen MR) is 88.7 cm³/mol. The summed E-state index contributed by atoms with van der Waals surface area (Å²) in [4.78, 5) is 16.3. The van der Waals surface area contributed by atoms with Crippen LogP contribution in [-0.4, -0.2) is 24.2 Å². The van der Waals surface area contributed by atoms with Gasteiger partial charge in [0.1, 0.15) is 24.7 Å². The number of carbonyl (C=O) groups is 1. The summed E-state index contributed by atoms with van der Waals surface area (Å²) in [6, 6.07) is 19.8. The van der Waals surface area contributed by atoms with Crippen molar-refractivity contribution in [3.05, 3.63) is 71.9 Å². The number of hydrogen-bond donors (Lipinski definition) is 0. The number of carbonyl (C=O) groups excluding carboxylic acids is 1. The van der Waals surface area contributed by atoms with E-state index in [1.165, 1.54) is 0 Å². The molecule has 0 saturated heterocycles. The molecule has 0 fully saturated rings. The van der Waals surface area contributed by atoms with Gasteiger partial charge in [-0.25, -0.2) is 9.78 Å². The van der Waals surface area contributed by atoms with Gasteiger partial charge in [0.05, 0.1) is 17.1 Å². The molecule has 3 rings (SSSR count). The van der Waals surface area contributed by atoms with Crippen LogP contribution in [0, 0.1) is 11.3 Å². The SMILES string of the molecule is N#Cc1ccc(OCCOC(=O)c2ccc3ccccc3n2)cc1. The lowest BCUT2D eigenvalue weighted by molar-refractivity contribution is 0.0444. The fourth-order valence-corrected chi connectivity index (χ4v) is 2.17. The van der Waals surface area contributed by atoms with Crippen molar-refractivity contribution in [2.45, 2.75) is 0 Å². The van der Waals surface area contributed by atoms with Crippen LogP contribution in [0.4, 0.5) is 0 Å². The van der Waals surface area contributed by atoms with E-state index in [4.69, 9.17) is 14.7 Å². The molecule has 24 heavy (non-hydrogen) atoms. The van der Waals surface area contributed by atoms with Crippen molar-refractivity contribution in [3.8, 4) is 11.8 Å². The molecule has 0 saturated carbocycles. The van der Waals surface area contributed by atoms with Crippen LogP contribution in [-0.2, 0) is 4.74 Å². The summed E-state index contributed by atoms with van der Waals surface area (Å²) in [5.74, 6) is 0.137. The highest BCUT2D eigenvalue weighted by atomic mass is 16.6. The molecule has 0 aliphatic carbocycles. The summed E-state index contributed by atoms with van der Waals surface area (Å²) in [6.07, 6.45) is 0. The maximum atomic E-state index is 12.0. The van der Waals surface area contributed by atoms with E-state index in [0.29, 0.717) is 11.3 Å². The molecular formula is C19H14N2O3. The smallest absolute Gasteiger partial charge is 0.357 e. The van der Waals surface area contributed by atoms with Crippen LogP contribution in [0.15, 0.2) is 60.7 Å². The second-order valence-corrected chi connectivity index (χ2v) is 5.01. The van der Waals surface area contributed by atoms with Gasteiger partial charge in [-0.1, -0.05) is 24.3 Å². The number of nitriles is 1. The van der Waals surface area contributed by atoms with Crippen LogP contribution in [0.25, 0.3) is 10.9 Å². The van der Waals surface area contributed by atoms with E-state index in [0.717, 1.165) is 10.9 Å². The second kappa shape index (κ2) is 7.25. The number of pyridine rings is 1. The van der Waals surface area contributed by atoms with Crippen molar-refractivity contribution in [1.82, 2.24) is 4.98 Å². The van der Waals surface area contributed by atoms with Gasteiger partial charge in [-0.3, -0.25) is 0 Å². The molecule has 118 valence electrons. The van der Waals surface area contributed by atoms with Gasteiger partial charge < -0.3 is 9.47 Å². The summed E-state index contributed by atoms with van der Waals surface area (Å²) in [7, 11) is 0. The number of hydrogen-bond acceptors (Lipinski definition) is 5.